The fraction of sp³-hybridized carbons (Fsp3) is 0.286. The van der Waals surface area contributed by atoms with Crippen molar-refractivity contribution in [1.29, 1.82) is 0 Å². The number of Topliss-reactive ketones (excluding diaryl/α,β-unsaturated/α-hetero) is 2. The Hall–Kier alpha value is -3.04. The van der Waals surface area contributed by atoms with Gasteiger partial charge in [-0.15, -0.1) is 0 Å². The summed E-state index contributed by atoms with van der Waals surface area (Å²) in [7, 11) is 0. The van der Waals surface area contributed by atoms with Crippen molar-refractivity contribution in [3.63, 3.8) is 0 Å². The first kappa shape index (κ1) is 19.9. The summed E-state index contributed by atoms with van der Waals surface area (Å²) in [5.74, 6) is 0.230. The van der Waals surface area contributed by atoms with E-state index in [-0.39, 0.29) is 34.9 Å². The number of fused-ring (bicyclic) bond motifs is 1. The molecule has 0 aromatic heterocycles. The maximum absolute atomic E-state index is 13.6. The molecule has 0 radical (unpaired) electrons. The van der Waals surface area contributed by atoms with Crippen LogP contribution in [0.5, 0.6) is 0 Å². The van der Waals surface area contributed by atoms with Gasteiger partial charge in [0.15, 0.2) is 5.78 Å². The summed E-state index contributed by atoms with van der Waals surface area (Å²) < 4.78 is 0. The zero-order valence-electron chi connectivity index (χ0n) is 17.5. The normalized spacial score (nSPS) is 24.5. The molecule has 2 fully saturated rings. The molecule has 156 valence electrons. The molecule has 3 unspecified atom stereocenters. The largest absolute Gasteiger partial charge is 0.306 e. The summed E-state index contributed by atoms with van der Waals surface area (Å²) in [4.78, 5) is 26.6. The second kappa shape index (κ2) is 8.24. The summed E-state index contributed by atoms with van der Waals surface area (Å²) in [6.07, 6.45) is 1.67. The molecule has 1 saturated heterocycles. The van der Waals surface area contributed by atoms with Gasteiger partial charge < -0.3 is 5.32 Å². The van der Waals surface area contributed by atoms with E-state index in [9.17, 15) is 9.59 Å². The number of hydrogen-bond donors (Lipinski definition) is 1. The first-order valence-corrected chi connectivity index (χ1v) is 11.1. The van der Waals surface area contributed by atoms with Gasteiger partial charge in [-0.2, -0.15) is 0 Å². The molecule has 1 aliphatic heterocycles. The maximum atomic E-state index is 13.6. The third-order valence-electron chi connectivity index (χ3n) is 7.24. The Bertz CT molecular complexity index is 1020. The first-order chi connectivity index (χ1) is 15.2. The fourth-order valence-corrected chi connectivity index (χ4v) is 5.89. The van der Waals surface area contributed by atoms with Crippen LogP contribution in [-0.2, 0) is 21.4 Å². The molecule has 3 heteroatoms. The lowest BCUT2D eigenvalue weighted by molar-refractivity contribution is -0.128. The summed E-state index contributed by atoms with van der Waals surface area (Å²) in [5, 5.41) is 3.47. The van der Waals surface area contributed by atoms with Crippen molar-refractivity contribution >= 4 is 11.6 Å². The van der Waals surface area contributed by atoms with E-state index in [1.807, 2.05) is 42.5 Å². The highest BCUT2D eigenvalue weighted by Gasteiger charge is 2.57. The lowest BCUT2D eigenvalue weighted by Gasteiger charge is -2.47. The molecule has 0 amide bonds. The Morgan fingerprint density at radius 3 is 1.97 bits per heavy atom. The van der Waals surface area contributed by atoms with Gasteiger partial charge in [-0.1, -0.05) is 91.0 Å². The highest BCUT2D eigenvalue weighted by atomic mass is 16.1. The van der Waals surface area contributed by atoms with Crippen LogP contribution < -0.4 is 5.32 Å². The minimum Gasteiger partial charge on any atom is -0.306 e. The van der Waals surface area contributed by atoms with E-state index < -0.39 is 0 Å². The van der Waals surface area contributed by atoms with Gasteiger partial charge in [0.25, 0.3) is 0 Å². The van der Waals surface area contributed by atoms with E-state index in [1.165, 1.54) is 11.1 Å². The van der Waals surface area contributed by atoms with Gasteiger partial charge in [0.05, 0.1) is 6.04 Å². The van der Waals surface area contributed by atoms with Gasteiger partial charge >= 0.3 is 0 Å². The van der Waals surface area contributed by atoms with E-state index in [2.05, 4.69) is 53.8 Å². The van der Waals surface area contributed by atoms with E-state index in [4.69, 9.17) is 0 Å². The van der Waals surface area contributed by atoms with Crippen LogP contribution in [0.2, 0.25) is 0 Å². The van der Waals surface area contributed by atoms with Crippen LogP contribution in [0.3, 0.4) is 0 Å². The smallest absolute Gasteiger partial charge is 0.154 e. The van der Waals surface area contributed by atoms with Crippen LogP contribution in [0.4, 0.5) is 0 Å². The monoisotopic (exact) mass is 409 g/mol. The zero-order chi connectivity index (χ0) is 21.3. The zero-order valence-corrected chi connectivity index (χ0v) is 17.5. The first-order valence-electron chi connectivity index (χ1n) is 11.1. The lowest BCUT2D eigenvalue weighted by atomic mass is 9.54. The van der Waals surface area contributed by atoms with Gasteiger partial charge in [0.1, 0.15) is 5.78 Å². The number of carbonyl (C=O) groups excluding carboxylic acids is 2. The summed E-state index contributed by atoms with van der Waals surface area (Å²) in [6, 6.07) is 30.5. The molecule has 3 aromatic carbocycles. The molecular formula is C28H27NO2. The SMILES string of the molecule is O=C1CCC(c2ccccc2)(c2ccccc2)C2C1CNC2C(=O)Cc1ccccc1. The third-order valence-corrected chi connectivity index (χ3v) is 7.24. The van der Waals surface area contributed by atoms with Crippen molar-refractivity contribution in [2.75, 3.05) is 6.54 Å². The molecule has 2 aliphatic rings. The molecule has 1 N–H and O–H groups in total. The Labute approximate surface area is 183 Å². The molecule has 3 aromatic rings. The average molecular weight is 410 g/mol. The number of hydrogen-bond acceptors (Lipinski definition) is 3. The van der Waals surface area contributed by atoms with Crippen molar-refractivity contribution in [2.24, 2.45) is 11.8 Å². The quantitative estimate of drug-likeness (QED) is 0.681. The van der Waals surface area contributed by atoms with E-state index >= 15 is 0 Å². The van der Waals surface area contributed by atoms with Crippen LogP contribution in [0, 0.1) is 11.8 Å². The van der Waals surface area contributed by atoms with Gasteiger partial charge in [-0.05, 0) is 23.1 Å². The lowest BCUT2D eigenvalue weighted by Crippen LogP contribution is -2.52. The van der Waals surface area contributed by atoms with E-state index in [0.717, 1.165) is 12.0 Å². The van der Waals surface area contributed by atoms with Gasteiger partial charge in [0, 0.05) is 36.6 Å². The number of benzene rings is 3. The van der Waals surface area contributed by atoms with Crippen molar-refractivity contribution in [2.45, 2.75) is 30.7 Å². The van der Waals surface area contributed by atoms with Crippen LogP contribution in [0.15, 0.2) is 91.0 Å². The second-order valence-corrected chi connectivity index (χ2v) is 8.82. The molecular weight excluding hydrogens is 382 g/mol. The predicted molar refractivity (Wildman–Crippen MR) is 122 cm³/mol. The Kier molecular flexibility index (Phi) is 5.29. The Morgan fingerprint density at radius 1 is 0.839 bits per heavy atom. The summed E-state index contributed by atoms with van der Waals surface area (Å²) >= 11 is 0. The topological polar surface area (TPSA) is 46.2 Å². The van der Waals surface area contributed by atoms with Crippen LogP contribution in [0.1, 0.15) is 29.5 Å². The molecule has 5 rings (SSSR count). The minimum atomic E-state index is -0.360. The predicted octanol–water partition coefficient (Wildman–Crippen LogP) is 4.35. The average Bonchev–Trinajstić information content (AvgIpc) is 3.28. The fourth-order valence-electron chi connectivity index (χ4n) is 5.89. The summed E-state index contributed by atoms with van der Waals surface area (Å²) in [5.41, 5.74) is 3.06. The van der Waals surface area contributed by atoms with Crippen LogP contribution in [0.25, 0.3) is 0 Å². The van der Waals surface area contributed by atoms with Gasteiger partial charge in [-0.25, -0.2) is 0 Å². The molecule has 0 spiro atoms. The van der Waals surface area contributed by atoms with Crippen molar-refractivity contribution in [3.8, 4) is 0 Å². The van der Waals surface area contributed by atoms with Crippen molar-refractivity contribution in [1.82, 2.24) is 5.32 Å². The molecule has 3 nitrogen and oxygen atoms in total. The summed E-state index contributed by atoms with van der Waals surface area (Å²) in [6.45, 7) is 0.579. The number of ketones is 2. The minimum absolute atomic E-state index is 0.0882. The molecule has 1 heterocycles. The standard InChI is InChI=1S/C28H27NO2/c30-24-16-17-28(21-12-6-2-7-13-21,22-14-8-3-9-15-22)26-23(24)19-29-27(26)25(31)18-20-10-4-1-5-11-20/h1-15,23,26-27,29H,16-19H2. The van der Waals surface area contributed by atoms with Gasteiger partial charge in [0.2, 0.25) is 0 Å². The van der Waals surface area contributed by atoms with E-state index in [0.29, 0.717) is 19.4 Å². The van der Waals surface area contributed by atoms with Gasteiger partial charge in [-0.3, -0.25) is 9.59 Å². The van der Waals surface area contributed by atoms with Crippen LogP contribution >= 0.6 is 0 Å². The highest BCUT2D eigenvalue weighted by molar-refractivity contribution is 5.91. The highest BCUT2D eigenvalue weighted by Crippen LogP contribution is 2.53. The molecule has 31 heavy (non-hydrogen) atoms. The number of carbonyl (C=O) groups is 2. The second-order valence-electron chi connectivity index (χ2n) is 8.82. The van der Waals surface area contributed by atoms with Crippen LogP contribution in [-0.4, -0.2) is 24.2 Å². The molecule has 1 saturated carbocycles. The molecule has 1 aliphatic carbocycles. The molecule has 0 bridgehead atoms. The number of nitrogens with one attached hydrogen (secondary N) is 1. The van der Waals surface area contributed by atoms with Crippen molar-refractivity contribution in [3.05, 3.63) is 108 Å². The van der Waals surface area contributed by atoms with E-state index in [1.54, 1.807) is 0 Å². The number of rotatable bonds is 5. The maximum Gasteiger partial charge on any atom is 0.154 e. The molecule has 3 atom stereocenters. The third kappa shape index (κ3) is 3.43. The van der Waals surface area contributed by atoms with Crippen molar-refractivity contribution < 1.29 is 9.59 Å². The Balaban J connectivity index is 1.62. The Morgan fingerprint density at radius 2 is 1.39 bits per heavy atom.